The third-order valence-corrected chi connectivity index (χ3v) is 6.74. The Labute approximate surface area is 153 Å². The summed E-state index contributed by atoms with van der Waals surface area (Å²) in [5.74, 6) is 0.984. The molecule has 0 amide bonds. The van der Waals surface area contributed by atoms with E-state index in [1.54, 1.807) is 23.1 Å². The smallest absolute Gasteiger partial charge is 0.181 e. The summed E-state index contributed by atoms with van der Waals surface area (Å²) in [6.07, 6.45) is 11.0. The van der Waals surface area contributed by atoms with E-state index in [1.165, 1.54) is 55.3 Å². The molecular formula is C21H25NO2S. The van der Waals surface area contributed by atoms with Gasteiger partial charge < -0.3 is 14.2 Å². The monoisotopic (exact) mass is 355 g/mol. The van der Waals surface area contributed by atoms with Crippen LogP contribution in [0.1, 0.15) is 71.8 Å². The molecule has 1 aromatic carbocycles. The summed E-state index contributed by atoms with van der Waals surface area (Å²) in [5, 5.41) is 11.2. The van der Waals surface area contributed by atoms with Crippen LogP contribution in [0.2, 0.25) is 0 Å². The van der Waals surface area contributed by atoms with Crippen molar-refractivity contribution in [1.82, 2.24) is 0 Å². The highest BCUT2D eigenvalue weighted by atomic mass is 32.2. The zero-order chi connectivity index (χ0) is 16.8. The van der Waals surface area contributed by atoms with Crippen LogP contribution in [-0.2, 0) is 32.1 Å². The molecule has 132 valence electrons. The first-order valence-corrected chi connectivity index (χ1v) is 10.5. The van der Waals surface area contributed by atoms with E-state index < -0.39 is 0 Å². The fraction of sp³-hybridized carbons (Fsp3) is 0.524. The maximum atomic E-state index is 10.3. The number of aryl methyl sites for hydroxylation is 3. The lowest BCUT2D eigenvalue weighted by atomic mass is 9.99. The van der Waals surface area contributed by atoms with Gasteiger partial charge in [0.25, 0.3) is 0 Å². The lowest BCUT2D eigenvalue weighted by Crippen LogP contribution is -1.99. The van der Waals surface area contributed by atoms with E-state index in [0.29, 0.717) is 0 Å². The fourth-order valence-corrected chi connectivity index (χ4v) is 5.54. The summed E-state index contributed by atoms with van der Waals surface area (Å²) in [6, 6.07) is 4.51. The zero-order valence-corrected chi connectivity index (χ0v) is 15.4. The van der Waals surface area contributed by atoms with Gasteiger partial charge in [0.1, 0.15) is 5.76 Å². The Bertz CT molecular complexity index is 778. The zero-order valence-electron chi connectivity index (χ0n) is 14.6. The molecule has 25 heavy (non-hydrogen) atoms. The van der Waals surface area contributed by atoms with Gasteiger partial charge in [-0.25, -0.2) is 0 Å². The molecule has 1 aromatic heterocycles. The predicted octanol–water partition coefficient (Wildman–Crippen LogP) is 5.14. The average molecular weight is 356 g/mol. The Kier molecular flexibility index (Phi) is 4.05. The number of aliphatic hydroxyl groups excluding tert-OH is 1. The number of hydrogen-bond acceptors (Lipinski definition) is 4. The van der Waals surface area contributed by atoms with E-state index in [9.17, 15) is 5.11 Å². The average Bonchev–Trinajstić information content (AvgIpc) is 3.32. The lowest BCUT2D eigenvalue weighted by molar-refractivity contribution is 0.166. The molecule has 0 aliphatic heterocycles. The first-order chi connectivity index (χ1) is 12.3. The lowest BCUT2D eigenvalue weighted by Gasteiger charge is -2.15. The van der Waals surface area contributed by atoms with Crippen molar-refractivity contribution >= 4 is 17.6 Å². The van der Waals surface area contributed by atoms with Gasteiger partial charge in [-0.3, -0.25) is 0 Å². The number of hydrogen-bond donors (Lipinski definition) is 2. The molecule has 1 heterocycles. The molecular weight excluding hydrogens is 330 g/mol. The van der Waals surface area contributed by atoms with E-state index in [4.69, 9.17) is 4.42 Å². The molecule has 3 aliphatic rings. The van der Waals surface area contributed by atoms with Crippen LogP contribution in [0.4, 0.5) is 5.69 Å². The molecule has 1 atom stereocenters. The van der Waals surface area contributed by atoms with E-state index >= 15 is 0 Å². The minimum atomic E-state index is -0.360. The maximum absolute atomic E-state index is 10.3. The first kappa shape index (κ1) is 15.8. The van der Waals surface area contributed by atoms with Gasteiger partial charge in [0.15, 0.2) is 5.09 Å². The van der Waals surface area contributed by atoms with Gasteiger partial charge in [-0.05, 0) is 79.7 Å². The van der Waals surface area contributed by atoms with Crippen LogP contribution in [0.25, 0.3) is 0 Å². The maximum Gasteiger partial charge on any atom is 0.181 e. The van der Waals surface area contributed by atoms with Gasteiger partial charge >= 0.3 is 0 Å². The van der Waals surface area contributed by atoms with E-state index in [0.717, 1.165) is 42.1 Å². The van der Waals surface area contributed by atoms with Crippen LogP contribution < -0.4 is 4.72 Å². The Morgan fingerprint density at radius 2 is 1.68 bits per heavy atom. The molecule has 0 radical (unpaired) electrons. The predicted molar refractivity (Wildman–Crippen MR) is 101 cm³/mol. The highest BCUT2D eigenvalue weighted by Crippen LogP contribution is 2.41. The van der Waals surface area contributed by atoms with Crippen molar-refractivity contribution in [2.45, 2.75) is 75.4 Å². The second-order valence-electron chi connectivity index (χ2n) is 7.64. The Morgan fingerprint density at radius 1 is 0.920 bits per heavy atom. The fourth-order valence-electron chi connectivity index (χ4n) is 4.76. The van der Waals surface area contributed by atoms with Gasteiger partial charge in [-0.1, -0.05) is 12.5 Å². The van der Waals surface area contributed by atoms with Crippen molar-refractivity contribution in [2.75, 3.05) is 4.72 Å². The van der Waals surface area contributed by atoms with Crippen LogP contribution in [0.15, 0.2) is 21.6 Å². The summed E-state index contributed by atoms with van der Waals surface area (Å²) in [6.45, 7) is 0. The molecule has 0 bridgehead atoms. The number of benzene rings is 1. The molecule has 2 aromatic rings. The van der Waals surface area contributed by atoms with Gasteiger partial charge in [0.05, 0.1) is 11.8 Å². The molecule has 0 saturated heterocycles. The Hall–Kier alpha value is -1.39. The molecule has 3 aliphatic carbocycles. The van der Waals surface area contributed by atoms with Crippen molar-refractivity contribution in [2.24, 2.45) is 0 Å². The largest absolute Gasteiger partial charge is 0.453 e. The second kappa shape index (κ2) is 6.40. The molecule has 0 saturated carbocycles. The van der Waals surface area contributed by atoms with Gasteiger partial charge in [0.2, 0.25) is 0 Å². The third kappa shape index (κ3) is 2.80. The van der Waals surface area contributed by atoms with Gasteiger partial charge in [0, 0.05) is 23.9 Å². The van der Waals surface area contributed by atoms with Crippen molar-refractivity contribution in [3.8, 4) is 0 Å². The number of rotatable bonds is 3. The molecule has 5 rings (SSSR count). The number of furan rings is 1. The quantitative estimate of drug-likeness (QED) is 0.591. The van der Waals surface area contributed by atoms with Crippen LogP contribution >= 0.6 is 11.9 Å². The van der Waals surface area contributed by atoms with Crippen molar-refractivity contribution < 1.29 is 9.52 Å². The summed E-state index contributed by atoms with van der Waals surface area (Å²) in [7, 11) is 0. The van der Waals surface area contributed by atoms with Crippen molar-refractivity contribution in [3.63, 3.8) is 0 Å². The van der Waals surface area contributed by atoms with E-state index in [2.05, 4.69) is 10.8 Å². The third-order valence-electron chi connectivity index (χ3n) is 6.04. The van der Waals surface area contributed by atoms with E-state index in [-0.39, 0.29) is 6.10 Å². The number of nitrogens with one attached hydrogen (secondary N) is 1. The molecule has 4 heteroatoms. The van der Waals surface area contributed by atoms with Gasteiger partial charge in [-0.15, -0.1) is 0 Å². The van der Waals surface area contributed by atoms with Crippen LogP contribution in [0, 0.1) is 0 Å². The van der Waals surface area contributed by atoms with Crippen LogP contribution in [0.5, 0.6) is 0 Å². The van der Waals surface area contributed by atoms with Crippen molar-refractivity contribution in [1.29, 1.82) is 0 Å². The minimum Gasteiger partial charge on any atom is -0.453 e. The Morgan fingerprint density at radius 3 is 2.44 bits per heavy atom. The topological polar surface area (TPSA) is 45.4 Å². The first-order valence-electron chi connectivity index (χ1n) is 9.69. The van der Waals surface area contributed by atoms with Crippen LogP contribution in [0.3, 0.4) is 0 Å². The van der Waals surface area contributed by atoms with Crippen LogP contribution in [-0.4, -0.2) is 5.11 Å². The SMILES string of the molecule is OC1CCCCc2oc(SNc3c4c(cc5c3CCC5)CCC4)cc21. The molecule has 0 fully saturated rings. The summed E-state index contributed by atoms with van der Waals surface area (Å²) >= 11 is 1.58. The second-order valence-corrected chi connectivity index (χ2v) is 8.45. The van der Waals surface area contributed by atoms with Crippen molar-refractivity contribution in [3.05, 3.63) is 45.7 Å². The summed E-state index contributed by atoms with van der Waals surface area (Å²) in [4.78, 5) is 0. The summed E-state index contributed by atoms with van der Waals surface area (Å²) < 4.78 is 9.70. The van der Waals surface area contributed by atoms with E-state index in [1.807, 2.05) is 6.07 Å². The molecule has 2 N–H and O–H groups in total. The summed E-state index contributed by atoms with van der Waals surface area (Å²) in [5.41, 5.74) is 8.52. The minimum absolute atomic E-state index is 0.360. The number of fused-ring (bicyclic) bond motifs is 3. The Balaban J connectivity index is 1.42. The van der Waals surface area contributed by atoms with Gasteiger partial charge in [-0.2, -0.15) is 0 Å². The standard InChI is InChI=1S/C21H25NO2S/c23-18-9-1-2-10-19-17(18)12-20(24-19)25-22-21-15-7-3-5-13(15)11-14-6-4-8-16(14)21/h11-12,18,22-23H,1-10H2. The normalized spacial score (nSPS) is 21.6. The number of anilines is 1. The number of aliphatic hydroxyl groups is 1. The highest BCUT2D eigenvalue weighted by Gasteiger charge is 2.25. The highest BCUT2D eigenvalue weighted by molar-refractivity contribution is 8.00. The molecule has 0 spiro atoms. The molecule has 3 nitrogen and oxygen atoms in total. The molecule has 1 unspecified atom stereocenters.